The molecule has 1 amide bonds. The van der Waals surface area contributed by atoms with Crippen LogP contribution in [0.4, 0.5) is 0 Å². The molecule has 2 fully saturated rings. The van der Waals surface area contributed by atoms with Gasteiger partial charge in [0, 0.05) is 16.3 Å². The molecule has 0 aromatic carbocycles. The third-order valence-electron chi connectivity index (χ3n) is 4.89. The molecule has 1 aliphatic carbocycles. The van der Waals surface area contributed by atoms with Gasteiger partial charge in [-0.2, -0.15) is 0 Å². The van der Waals surface area contributed by atoms with Crippen molar-refractivity contribution < 1.29 is 4.79 Å². The highest BCUT2D eigenvalue weighted by atomic mass is 32.1. The predicted molar refractivity (Wildman–Crippen MR) is 87.4 cm³/mol. The van der Waals surface area contributed by atoms with Crippen molar-refractivity contribution in [2.45, 2.75) is 70.5 Å². The highest BCUT2D eigenvalue weighted by molar-refractivity contribution is 7.12. The van der Waals surface area contributed by atoms with Gasteiger partial charge >= 0.3 is 0 Å². The Balaban J connectivity index is 1.82. The molecular formula is C17H26N2OS. The summed E-state index contributed by atoms with van der Waals surface area (Å²) in [6.45, 7) is 5.24. The molecular weight excluding hydrogens is 280 g/mol. The van der Waals surface area contributed by atoms with Crippen LogP contribution in [0.1, 0.15) is 67.8 Å². The summed E-state index contributed by atoms with van der Waals surface area (Å²) in [7, 11) is 0. The zero-order chi connectivity index (χ0) is 14.9. The molecule has 1 saturated heterocycles. The van der Waals surface area contributed by atoms with Crippen LogP contribution >= 0.6 is 11.3 Å². The van der Waals surface area contributed by atoms with Crippen LogP contribution in [0.5, 0.6) is 0 Å². The molecule has 1 saturated carbocycles. The molecule has 1 aromatic heterocycles. The van der Waals surface area contributed by atoms with E-state index in [1.54, 1.807) is 0 Å². The van der Waals surface area contributed by atoms with Gasteiger partial charge in [0.05, 0.1) is 5.54 Å². The van der Waals surface area contributed by atoms with E-state index >= 15 is 0 Å². The topological polar surface area (TPSA) is 32.3 Å². The van der Waals surface area contributed by atoms with Crippen molar-refractivity contribution in [1.29, 1.82) is 0 Å². The zero-order valence-electron chi connectivity index (χ0n) is 13.2. The third-order valence-corrected chi connectivity index (χ3v) is 5.94. The molecule has 4 heteroatoms. The standard InChI is InChI=1S/C17H26N2OS/c1-3-4-7-12-19-15(14-9-8-13(2)21-14)18-17(16(19)20)10-5-6-11-17/h8-9,15,18H,3-7,10-12H2,1-2H3. The maximum absolute atomic E-state index is 13.0. The van der Waals surface area contributed by atoms with E-state index < -0.39 is 0 Å². The first kappa shape index (κ1) is 15.0. The first-order valence-corrected chi connectivity index (χ1v) is 9.13. The molecule has 1 atom stereocenters. The number of hydrogen-bond acceptors (Lipinski definition) is 3. The Morgan fingerprint density at radius 3 is 2.71 bits per heavy atom. The predicted octanol–water partition coefficient (Wildman–Crippen LogP) is 3.99. The highest BCUT2D eigenvalue weighted by Crippen LogP contribution is 2.42. The van der Waals surface area contributed by atoms with Gasteiger partial charge in [-0.1, -0.05) is 32.6 Å². The van der Waals surface area contributed by atoms with Crippen LogP contribution in [0.2, 0.25) is 0 Å². The maximum atomic E-state index is 13.0. The fourth-order valence-electron chi connectivity index (χ4n) is 3.72. The second kappa shape index (κ2) is 6.09. The molecule has 3 nitrogen and oxygen atoms in total. The molecule has 0 radical (unpaired) electrons. The van der Waals surface area contributed by atoms with E-state index in [0.29, 0.717) is 5.91 Å². The SMILES string of the molecule is CCCCCN1C(=O)C2(CCCC2)NC1c1ccc(C)s1. The van der Waals surface area contributed by atoms with Gasteiger partial charge in [0.25, 0.3) is 0 Å². The largest absolute Gasteiger partial charge is 0.320 e. The summed E-state index contributed by atoms with van der Waals surface area (Å²) in [5.41, 5.74) is -0.255. The van der Waals surface area contributed by atoms with Crippen molar-refractivity contribution in [3.8, 4) is 0 Å². The number of rotatable bonds is 5. The van der Waals surface area contributed by atoms with Crippen molar-refractivity contribution in [3.05, 3.63) is 21.9 Å². The lowest BCUT2D eigenvalue weighted by atomic mass is 9.98. The Labute approximate surface area is 131 Å². The lowest BCUT2D eigenvalue weighted by Gasteiger charge is -2.23. The normalized spacial score (nSPS) is 24.4. The van der Waals surface area contributed by atoms with Crippen LogP contribution in [0, 0.1) is 6.92 Å². The van der Waals surface area contributed by atoms with Gasteiger partial charge in [0.15, 0.2) is 0 Å². The number of nitrogens with one attached hydrogen (secondary N) is 1. The second-order valence-corrected chi connectivity index (χ2v) is 7.81. The van der Waals surface area contributed by atoms with Crippen molar-refractivity contribution in [2.75, 3.05) is 6.54 Å². The summed E-state index contributed by atoms with van der Waals surface area (Å²) < 4.78 is 0. The van der Waals surface area contributed by atoms with Crippen LogP contribution in [0.15, 0.2) is 12.1 Å². The Hall–Kier alpha value is -0.870. The summed E-state index contributed by atoms with van der Waals surface area (Å²) in [6, 6.07) is 4.35. The fraction of sp³-hybridized carbons (Fsp3) is 0.706. The third kappa shape index (κ3) is 2.76. The molecule has 1 spiro atoms. The average molecular weight is 306 g/mol. The Morgan fingerprint density at radius 1 is 1.33 bits per heavy atom. The van der Waals surface area contributed by atoms with Gasteiger partial charge in [0.1, 0.15) is 6.17 Å². The molecule has 1 aromatic rings. The van der Waals surface area contributed by atoms with Crippen LogP contribution in [0.25, 0.3) is 0 Å². The van der Waals surface area contributed by atoms with Crippen molar-refractivity contribution in [3.63, 3.8) is 0 Å². The second-order valence-electron chi connectivity index (χ2n) is 6.49. The molecule has 3 rings (SSSR count). The van der Waals surface area contributed by atoms with E-state index in [1.807, 2.05) is 11.3 Å². The number of carbonyl (C=O) groups excluding carboxylic acids is 1. The van der Waals surface area contributed by atoms with Crippen molar-refractivity contribution in [1.82, 2.24) is 10.2 Å². The average Bonchev–Trinajstić information content (AvgIpc) is 3.16. The minimum atomic E-state index is -0.255. The Bertz CT molecular complexity index is 505. The minimum absolute atomic E-state index is 0.103. The van der Waals surface area contributed by atoms with E-state index in [2.05, 4.69) is 36.2 Å². The smallest absolute Gasteiger partial charge is 0.244 e. The monoisotopic (exact) mass is 306 g/mol. The Kier molecular flexibility index (Phi) is 4.36. The fourth-order valence-corrected chi connectivity index (χ4v) is 4.66. The molecule has 2 aliphatic rings. The number of carbonyl (C=O) groups is 1. The van der Waals surface area contributed by atoms with E-state index in [1.165, 1.54) is 35.4 Å². The number of unbranched alkanes of at least 4 members (excludes halogenated alkanes) is 2. The number of amides is 1. The molecule has 21 heavy (non-hydrogen) atoms. The van der Waals surface area contributed by atoms with Crippen LogP contribution < -0.4 is 5.32 Å². The minimum Gasteiger partial charge on any atom is -0.320 e. The van der Waals surface area contributed by atoms with E-state index in [0.717, 1.165) is 25.8 Å². The molecule has 0 bridgehead atoms. The lowest BCUT2D eigenvalue weighted by Crippen LogP contribution is -2.44. The molecule has 116 valence electrons. The van der Waals surface area contributed by atoms with E-state index in [4.69, 9.17) is 0 Å². The van der Waals surface area contributed by atoms with Crippen LogP contribution in [0.3, 0.4) is 0 Å². The van der Waals surface area contributed by atoms with Gasteiger partial charge in [-0.05, 0) is 38.3 Å². The summed E-state index contributed by atoms with van der Waals surface area (Å²) >= 11 is 1.82. The number of hydrogen-bond donors (Lipinski definition) is 1. The number of nitrogens with zero attached hydrogens (tertiary/aromatic N) is 1. The maximum Gasteiger partial charge on any atom is 0.244 e. The molecule has 2 heterocycles. The van der Waals surface area contributed by atoms with Crippen LogP contribution in [-0.4, -0.2) is 22.9 Å². The van der Waals surface area contributed by atoms with Crippen LogP contribution in [-0.2, 0) is 4.79 Å². The first-order valence-electron chi connectivity index (χ1n) is 8.31. The van der Waals surface area contributed by atoms with Gasteiger partial charge in [0.2, 0.25) is 5.91 Å². The summed E-state index contributed by atoms with van der Waals surface area (Å²) in [5, 5.41) is 3.71. The summed E-state index contributed by atoms with van der Waals surface area (Å²) in [5.74, 6) is 0.354. The number of aryl methyl sites for hydroxylation is 1. The molecule has 1 aliphatic heterocycles. The zero-order valence-corrected chi connectivity index (χ0v) is 14.0. The Morgan fingerprint density at radius 2 is 2.10 bits per heavy atom. The molecule has 1 N–H and O–H groups in total. The lowest BCUT2D eigenvalue weighted by molar-refractivity contribution is -0.133. The van der Waals surface area contributed by atoms with Gasteiger partial charge in [-0.15, -0.1) is 11.3 Å². The van der Waals surface area contributed by atoms with Gasteiger partial charge < -0.3 is 4.90 Å². The summed E-state index contributed by atoms with van der Waals surface area (Å²) in [4.78, 5) is 17.7. The molecule has 1 unspecified atom stereocenters. The van der Waals surface area contributed by atoms with Crippen molar-refractivity contribution in [2.24, 2.45) is 0 Å². The highest BCUT2D eigenvalue weighted by Gasteiger charge is 2.52. The van der Waals surface area contributed by atoms with Crippen molar-refractivity contribution >= 4 is 17.2 Å². The van der Waals surface area contributed by atoms with E-state index in [9.17, 15) is 4.79 Å². The first-order chi connectivity index (χ1) is 10.2. The van der Waals surface area contributed by atoms with E-state index in [-0.39, 0.29) is 11.7 Å². The van der Waals surface area contributed by atoms with Gasteiger partial charge in [-0.3, -0.25) is 10.1 Å². The quantitative estimate of drug-likeness (QED) is 0.834. The number of thiophene rings is 1. The van der Waals surface area contributed by atoms with Gasteiger partial charge in [-0.25, -0.2) is 0 Å². The summed E-state index contributed by atoms with van der Waals surface area (Å²) in [6.07, 6.45) is 7.99.